The molecule has 1 aliphatic heterocycles. The van der Waals surface area contributed by atoms with Gasteiger partial charge in [-0.3, -0.25) is 0 Å². The Hall–Kier alpha value is -0.580. The Bertz CT molecular complexity index is 323. The lowest BCUT2D eigenvalue weighted by Crippen LogP contribution is -2.28. The SMILES string of the molecule is Cc1cc(Cl)nc(OCC2CCCN2)n1.Cl. The van der Waals surface area contributed by atoms with E-state index in [1.54, 1.807) is 6.07 Å². The number of ether oxygens (including phenoxy) is 1. The molecule has 0 aromatic carbocycles. The Morgan fingerprint density at radius 1 is 1.56 bits per heavy atom. The molecular formula is C10H15Cl2N3O. The van der Waals surface area contributed by atoms with Crippen molar-refractivity contribution < 1.29 is 4.74 Å². The standard InChI is InChI=1S/C10H14ClN3O.ClH/c1-7-5-9(11)14-10(13-7)15-6-8-3-2-4-12-8;/h5,8,12H,2-4,6H2,1H3;1H. The van der Waals surface area contributed by atoms with Crippen LogP contribution in [0.5, 0.6) is 6.01 Å². The maximum Gasteiger partial charge on any atom is 0.318 e. The van der Waals surface area contributed by atoms with Crippen LogP contribution >= 0.6 is 24.0 Å². The number of nitrogens with zero attached hydrogens (tertiary/aromatic N) is 2. The predicted octanol–water partition coefficient (Wildman–Crippen LogP) is 1.99. The molecule has 1 saturated heterocycles. The monoisotopic (exact) mass is 263 g/mol. The molecule has 0 amide bonds. The molecule has 4 nitrogen and oxygen atoms in total. The molecule has 2 rings (SSSR count). The fourth-order valence-electron chi connectivity index (χ4n) is 1.64. The van der Waals surface area contributed by atoms with Crippen LogP contribution in [0.3, 0.4) is 0 Å². The number of hydrogen-bond acceptors (Lipinski definition) is 4. The van der Waals surface area contributed by atoms with E-state index in [0.717, 1.165) is 18.7 Å². The van der Waals surface area contributed by atoms with Gasteiger partial charge in [0.25, 0.3) is 0 Å². The van der Waals surface area contributed by atoms with Crippen molar-refractivity contribution in [1.82, 2.24) is 15.3 Å². The minimum atomic E-state index is 0. The van der Waals surface area contributed by atoms with Crippen LogP contribution in [0, 0.1) is 6.92 Å². The summed E-state index contributed by atoms with van der Waals surface area (Å²) in [4.78, 5) is 8.15. The molecule has 1 aromatic rings. The largest absolute Gasteiger partial charge is 0.462 e. The van der Waals surface area contributed by atoms with Gasteiger partial charge in [0.15, 0.2) is 0 Å². The van der Waals surface area contributed by atoms with Crippen molar-refractivity contribution in [2.75, 3.05) is 13.2 Å². The molecule has 6 heteroatoms. The Kier molecular flexibility index (Phi) is 5.25. The number of nitrogens with one attached hydrogen (secondary N) is 1. The van der Waals surface area contributed by atoms with Crippen molar-refractivity contribution in [2.45, 2.75) is 25.8 Å². The van der Waals surface area contributed by atoms with Gasteiger partial charge in [-0.15, -0.1) is 12.4 Å². The van der Waals surface area contributed by atoms with E-state index >= 15 is 0 Å². The quantitative estimate of drug-likeness (QED) is 0.848. The zero-order valence-electron chi connectivity index (χ0n) is 9.07. The molecule has 0 spiro atoms. The first kappa shape index (κ1) is 13.5. The predicted molar refractivity (Wildman–Crippen MR) is 65.5 cm³/mol. The molecule has 2 heterocycles. The Morgan fingerprint density at radius 2 is 2.38 bits per heavy atom. The van der Waals surface area contributed by atoms with E-state index in [0.29, 0.717) is 23.8 Å². The average Bonchev–Trinajstić information content (AvgIpc) is 2.65. The van der Waals surface area contributed by atoms with Crippen molar-refractivity contribution in [3.05, 3.63) is 16.9 Å². The summed E-state index contributed by atoms with van der Waals surface area (Å²) in [7, 11) is 0. The van der Waals surface area contributed by atoms with Gasteiger partial charge in [-0.1, -0.05) is 11.6 Å². The Morgan fingerprint density at radius 3 is 3.00 bits per heavy atom. The molecular weight excluding hydrogens is 249 g/mol. The van der Waals surface area contributed by atoms with Gasteiger partial charge in [0, 0.05) is 11.7 Å². The summed E-state index contributed by atoms with van der Waals surface area (Å²) in [5, 5.41) is 3.77. The summed E-state index contributed by atoms with van der Waals surface area (Å²) in [5.41, 5.74) is 0.824. The molecule has 0 bridgehead atoms. The molecule has 0 aliphatic carbocycles. The van der Waals surface area contributed by atoms with Crippen LogP contribution in [0.2, 0.25) is 5.15 Å². The maximum absolute atomic E-state index is 5.80. The van der Waals surface area contributed by atoms with Crippen molar-refractivity contribution in [3.8, 4) is 6.01 Å². The number of aromatic nitrogens is 2. The summed E-state index contributed by atoms with van der Waals surface area (Å²) >= 11 is 5.80. The maximum atomic E-state index is 5.80. The van der Waals surface area contributed by atoms with E-state index in [2.05, 4.69) is 15.3 Å². The molecule has 1 N–H and O–H groups in total. The lowest BCUT2D eigenvalue weighted by Gasteiger charge is -2.10. The molecule has 0 saturated carbocycles. The van der Waals surface area contributed by atoms with Gasteiger partial charge >= 0.3 is 6.01 Å². The van der Waals surface area contributed by atoms with E-state index in [9.17, 15) is 0 Å². The van der Waals surface area contributed by atoms with Gasteiger partial charge < -0.3 is 10.1 Å². The van der Waals surface area contributed by atoms with Gasteiger partial charge in [0.2, 0.25) is 0 Å². The summed E-state index contributed by atoms with van der Waals surface area (Å²) < 4.78 is 5.48. The third kappa shape index (κ3) is 3.77. The van der Waals surface area contributed by atoms with Gasteiger partial charge in [-0.05, 0) is 32.4 Å². The molecule has 1 aliphatic rings. The Balaban J connectivity index is 0.00000128. The number of hydrogen-bond donors (Lipinski definition) is 1. The third-order valence-electron chi connectivity index (χ3n) is 2.38. The van der Waals surface area contributed by atoms with Crippen molar-refractivity contribution in [1.29, 1.82) is 0 Å². The smallest absolute Gasteiger partial charge is 0.318 e. The summed E-state index contributed by atoms with van der Waals surface area (Å²) in [6, 6.07) is 2.50. The minimum absolute atomic E-state index is 0. The molecule has 0 radical (unpaired) electrons. The van der Waals surface area contributed by atoms with E-state index < -0.39 is 0 Å². The Labute approximate surface area is 106 Å². The van der Waals surface area contributed by atoms with Crippen LogP contribution in [0.4, 0.5) is 0 Å². The molecule has 1 aromatic heterocycles. The van der Waals surface area contributed by atoms with Crippen LogP contribution in [0.15, 0.2) is 6.07 Å². The van der Waals surface area contributed by atoms with Crippen molar-refractivity contribution in [2.24, 2.45) is 0 Å². The zero-order chi connectivity index (χ0) is 10.7. The highest BCUT2D eigenvalue weighted by molar-refractivity contribution is 6.29. The number of halogens is 2. The highest BCUT2D eigenvalue weighted by atomic mass is 35.5. The van der Waals surface area contributed by atoms with E-state index in [1.807, 2.05) is 6.92 Å². The van der Waals surface area contributed by atoms with Gasteiger partial charge in [-0.2, -0.15) is 4.98 Å². The first-order valence-corrected chi connectivity index (χ1v) is 5.49. The van der Waals surface area contributed by atoms with Crippen molar-refractivity contribution in [3.63, 3.8) is 0 Å². The normalized spacial score (nSPS) is 19.2. The number of rotatable bonds is 3. The first-order chi connectivity index (χ1) is 7.24. The second-order valence-corrected chi connectivity index (χ2v) is 4.11. The summed E-state index contributed by atoms with van der Waals surface area (Å²) in [6.07, 6.45) is 2.36. The summed E-state index contributed by atoms with van der Waals surface area (Å²) in [6.45, 7) is 3.55. The highest BCUT2D eigenvalue weighted by Gasteiger charge is 2.15. The number of aryl methyl sites for hydroxylation is 1. The topological polar surface area (TPSA) is 47.0 Å². The average molecular weight is 264 g/mol. The van der Waals surface area contributed by atoms with Crippen LogP contribution < -0.4 is 10.1 Å². The second kappa shape index (κ2) is 6.23. The molecule has 1 unspecified atom stereocenters. The molecule has 16 heavy (non-hydrogen) atoms. The molecule has 1 atom stereocenters. The van der Waals surface area contributed by atoms with Crippen LogP contribution in [-0.2, 0) is 0 Å². The van der Waals surface area contributed by atoms with E-state index in [1.165, 1.54) is 6.42 Å². The van der Waals surface area contributed by atoms with Crippen molar-refractivity contribution >= 4 is 24.0 Å². The van der Waals surface area contributed by atoms with Crippen LogP contribution in [0.1, 0.15) is 18.5 Å². The van der Waals surface area contributed by atoms with Gasteiger partial charge in [-0.25, -0.2) is 4.98 Å². The van der Waals surface area contributed by atoms with Gasteiger partial charge in [0.05, 0.1) is 0 Å². The fourth-order valence-corrected chi connectivity index (χ4v) is 1.87. The molecule has 1 fully saturated rings. The fraction of sp³-hybridized carbons (Fsp3) is 0.600. The summed E-state index contributed by atoms with van der Waals surface area (Å²) in [5.74, 6) is 0. The van der Waals surface area contributed by atoms with E-state index in [-0.39, 0.29) is 12.4 Å². The lowest BCUT2D eigenvalue weighted by atomic mass is 10.2. The lowest BCUT2D eigenvalue weighted by molar-refractivity contribution is 0.256. The van der Waals surface area contributed by atoms with Gasteiger partial charge in [0.1, 0.15) is 11.8 Å². The van der Waals surface area contributed by atoms with Crippen LogP contribution in [0.25, 0.3) is 0 Å². The second-order valence-electron chi connectivity index (χ2n) is 3.72. The van der Waals surface area contributed by atoms with Crippen LogP contribution in [-0.4, -0.2) is 29.2 Å². The molecule has 90 valence electrons. The highest BCUT2D eigenvalue weighted by Crippen LogP contribution is 2.12. The zero-order valence-corrected chi connectivity index (χ0v) is 10.6. The first-order valence-electron chi connectivity index (χ1n) is 5.11. The minimum Gasteiger partial charge on any atom is -0.462 e. The third-order valence-corrected chi connectivity index (χ3v) is 2.57. The van der Waals surface area contributed by atoms with E-state index in [4.69, 9.17) is 16.3 Å².